The van der Waals surface area contributed by atoms with Crippen LogP contribution in [-0.4, -0.2) is 17.2 Å². The van der Waals surface area contributed by atoms with Crippen molar-refractivity contribution in [3.8, 4) is 0 Å². The number of fused-ring (bicyclic) bond motifs is 1. The van der Waals surface area contributed by atoms with Gasteiger partial charge in [0.25, 0.3) is 0 Å². The zero-order valence-corrected chi connectivity index (χ0v) is 15.5. The molecule has 2 aliphatic rings. The van der Waals surface area contributed by atoms with Gasteiger partial charge < -0.3 is 5.32 Å². The standard InChI is InChI=1S/C18H22N4S.ClH/c1-12(14-8-7-13-4-2-5-15(13)10-14)21-22-18-20-17(11-23-18)16-6-3-9-19-16;/h7-8,10-11,16,19H,2-6,9H2,1H3,(H,20,22);1H/b21-12+;/t16-;/m0./s1. The fourth-order valence-corrected chi connectivity index (χ4v) is 4.13. The van der Waals surface area contributed by atoms with Crippen molar-refractivity contribution in [3.63, 3.8) is 0 Å². The number of aryl methyl sites for hydroxylation is 2. The highest BCUT2D eigenvalue weighted by molar-refractivity contribution is 7.13. The van der Waals surface area contributed by atoms with Crippen molar-refractivity contribution in [1.82, 2.24) is 10.3 Å². The van der Waals surface area contributed by atoms with Crippen LogP contribution in [0.5, 0.6) is 0 Å². The van der Waals surface area contributed by atoms with Crippen LogP contribution in [0.2, 0.25) is 0 Å². The molecule has 1 saturated heterocycles. The first-order valence-electron chi connectivity index (χ1n) is 8.41. The highest BCUT2D eigenvalue weighted by Crippen LogP contribution is 2.27. The van der Waals surface area contributed by atoms with Crippen LogP contribution in [0.15, 0.2) is 28.7 Å². The first-order chi connectivity index (χ1) is 11.3. The maximum Gasteiger partial charge on any atom is 0.203 e. The van der Waals surface area contributed by atoms with Gasteiger partial charge >= 0.3 is 0 Å². The van der Waals surface area contributed by atoms with Crippen molar-refractivity contribution in [1.29, 1.82) is 0 Å². The second-order valence-electron chi connectivity index (χ2n) is 6.37. The van der Waals surface area contributed by atoms with Crippen molar-refractivity contribution < 1.29 is 0 Å². The number of nitrogens with zero attached hydrogens (tertiary/aromatic N) is 2. The van der Waals surface area contributed by atoms with Crippen LogP contribution in [0.1, 0.15) is 54.6 Å². The first kappa shape index (κ1) is 17.4. The maximum absolute atomic E-state index is 4.65. The molecule has 0 spiro atoms. The Balaban J connectivity index is 0.00000169. The molecule has 0 bridgehead atoms. The normalized spacial score (nSPS) is 19.9. The lowest BCUT2D eigenvalue weighted by Gasteiger charge is -2.06. The molecule has 1 atom stereocenters. The third kappa shape index (κ3) is 3.63. The molecule has 2 aromatic rings. The smallest absolute Gasteiger partial charge is 0.203 e. The van der Waals surface area contributed by atoms with Crippen LogP contribution in [-0.2, 0) is 12.8 Å². The van der Waals surface area contributed by atoms with E-state index in [2.05, 4.69) is 51.3 Å². The Hall–Kier alpha value is -1.43. The summed E-state index contributed by atoms with van der Waals surface area (Å²) in [5.74, 6) is 0. The number of rotatable bonds is 4. The minimum Gasteiger partial charge on any atom is -0.309 e. The van der Waals surface area contributed by atoms with Crippen molar-refractivity contribution in [2.75, 3.05) is 12.0 Å². The predicted molar refractivity (Wildman–Crippen MR) is 104 cm³/mol. The van der Waals surface area contributed by atoms with E-state index in [-0.39, 0.29) is 12.4 Å². The van der Waals surface area contributed by atoms with E-state index in [4.69, 9.17) is 0 Å². The van der Waals surface area contributed by atoms with E-state index in [0.717, 1.165) is 23.1 Å². The number of hydrazone groups is 1. The third-order valence-electron chi connectivity index (χ3n) is 4.77. The summed E-state index contributed by atoms with van der Waals surface area (Å²) in [6.45, 7) is 3.15. The lowest BCUT2D eigenvalue weighted by Crippen LogP contribution is -2.13. The number of thiazole rings is 1. The van der Waals surface area contributed by atoms with Gasteiger partial charge in [0.05, 0.1) is 17.4 Å². The van der Waals surface area contributed by atoms with E-state index >= 15 is 0 Å². The molecule has 4 nitrogen and oxygen atoms in total. The summed E-state index contributed by atoms with van der Waals surface area (Å²) in [6, 6.07) is 7.15. The molecule has 2 heterocycles. The summed E-state index contributed by atoms with van der Waals surface area (Å²) in [7, 11) is 0. The molecule has 1 aliphatic carbocycles. The fourth-order valence-electron chi connectivity index (χ4n) is 3.43. The third-order valence-corrected chi connectivity index (χ3v) is 5.54. The number of aromatic nitrogens is 1. The quantitative estimate of drug-likeness (QED) is 0.629. The largest absolute Gasteiger partial charge is 0.309 e. The number of nitrogens with one attached hydrogen (secondary N) is 2. The maximum atomic E-state index is 4.65. The molecule has 1 aliphatic heterocycles. The van der Waals surface area contributed by atoms with E-state index in [9.17, 15) is 0 Å². The second-order valence-corrected chi connectivity index (χ2v) is 7.23. The lowest BCUT2D eigenvalue weighted by molar-refractivity contribution is 0.632. The average molecular weight is 363 g/mol. The Kier molecular flexibility index (Phi) is 5.54. The Labute approximate surface area is 153 Å². The minimum atomic E-state index is 0. The summed E-state index contributed by atoms with van der Waals surface area (Å²) in [4.78, 5) is 4.65. The van der Waals surface area contributed by atoms with Gasteiger partial charge in [-0.15, -0.1) is 23.7 Å². The molecular weight excluding hydrogens is 340 g/mol. The van der Waals surface area contributed by atoms with Crippen LogP contribution >= 0.6 is 23.7 Å². The SMILES string of the molecule is C/C(=N\Nc1nc([C@@H]2CCCN2)cs1)c1ccc2c(c1)CCC2.Cl. The van der Waals surface area contributed by atoms with Gasteiger partial charge in [-0.3, -0.25) is 5.43 Å². The van der Waals surface area contributed by atoms with Gasteiger partial charge in [0.15, 0.2) is 0 Å². The molecule has 128 valence electrons. The minimum absolute atomic E-state index is 0. The van der Waals surface area contributed by atoms with Crippen LogP contribution in [0.3, 0.4) is 0 Å². The number of hydrogen-bond donors (Lipinski definition) is 2. The van der Waals surface area contributed by atoms with E-state index in [1.54, 1.807) is 11.3 Å². The Morgan fingerprint density at radius 1 is 1.29 bits per heavy atom. The zero-order valence-electron chi connectivity index (χ0n) is 13.8. The summed E-state index contributed by atoms with van der Waals surface area (Å²) in [5.41, 5.74) is 9.46. The topological polar surface area (TPSA) is 49.3 Å². The molecule has 1 aromatic heterocycles. The van der Waals surface area contributed by atoms with Crippen molar-refractivity contribution >= 4 is 34.6 Å². The molecular formula is C18H23ClN4S. The number of hydrogen-bond acceptors (Lipinski definition) is 5. The second kappa shape index (κ2) is 7.64. The predicted octanol–water partition coefficient (Wildman–Crippen LogP) is 4.31. The highest BCUT2D eigenvalue weighted by atomic mass is 35.5. The summed E-state index contributed by atoms with van der Waals surface area (Å²) in [6.07, 6.45) is 6.13. The summed E-state index contributed by atoms with van der Waals surface area (Å²) in [5, 5.41) is 11.0. The molecule has 0 amide bonds. The first-order valence-corrected chi connectivity index (χ1v) is 9.29. The van der Waals surface area contributed by atoms with Crippen LogP contribution in [0, 0.1) is 0 Å². The molecule has 24 heavy (non-hydrogen) atoms. The number of benzene rings is 1. The van der Waals surface area contributed by atoms with Crippen molar-refractivity contribution in [2.45, 2.75) is 45.1 Å². The van der Waals surface area contributed by atoms with Gasteiger partial charge in [0.2, 0.25) is 5.13 Å². The Morgan fingerprint density at radius 3 is 3.00 bits per heavy atom. The van der Waals surface area contributed by atoms with Crippen LogP contribution in [0.25, 0.3) is 0 Å². The van der Waals surface area contributed by atoms with E-state index < -0.39 is 0 Å². The molecule has 1 aromatic carbocycles. The van der Waals surface area contributed by atoms with Crippen LogP contribution in [0.4, 0.5) is 5.13 Å². The molecule has 0 saturated carbocycles. The van der Waals surface area contributed by atoms with Gasteiger partial charge in [-0.2, -0.15) is 5.10 Å². The highest BCUT2D eigenvalue weighted by Gasteiger charge is 2.18. The van der Waals surface area contributed by atoms with E-state index in [0.29, 0.717) is 6.04 Å². The van der Waals surface area contributed by atoms with Gasteiger partial charge in [0.1, 0.15) is 0 Å². The summed E-state index contributed by atoms with van der Waals surface area (Å²) >= 11 is 1.62. The van der Waals surface area contributed by atoms with Crippen molar-refractivity contribution in [3.05, 3.63) is 46.0 Å². The van der Waals surface area contributed by atoms with Crippen LogP contribution < -0.4 is 10.7 Å². The van der Waals surface area contributed by atoms with E-state index in [1.165, 1.54) is 48.8 Å². The Bertz CT molecular complexity index is 734. The fraction of sp³-hybridized carbons (Fsp3) is 0.444. The molecule has 6 heteroatoms. The number of anilines is 1. The number of halogens is 1. The monoisotopic (exact) mass is 362 g/mol. The summed E-state index contributed by atoms with van der Waals surface area (Å²) < 4.78 is 0. The average Bonchev–Trinajstić information content (AvgIpc) is 3.32. The van der Waals surface area contributed by atoms with Gasteiger partial charge in [-0.1, -0.05) is 12.1 Å². The molecule has 0 radical (unpaired) electrons. The van der Waals surface area contributed by atoms with E-state index in [1.807, 2.05) is 0 Å². The Morgan fingerprint density at radius 2 is 2.17 bits per heavy atom. The lowest BCUT2D eigenvalue weighted by atomic mass is 10.0. The molecule has 1 fully saturated rings. The molecule has 2 N–H and O–H groups in total. The molecule has 4 rings (SSSR count). The van der Waals surface area contributed by atoms with Crippen molar-refractivity contribution in [2.24, 2.45) is 5.10 Å². The van der Waals surface area contributed by atoms with Gasteiger partial charge in [-0.05, 0) is 68.3 Å². The molecule has 0 unspecified atom stereocenters. The van der Waals surface area contributed by atoms with Gasteiger partial charge in [0, 0.05) is 5.38 Å². The zero-order chi connectivity index (χ0) is 15.6. The van der Waals surface area contributed by atoms with Gasteiger partial charge in [-0.25, -0.2) is 4.98 Å².